The number of nitrogens with zero attached hydrogens (tertiary/aromatic N) is 1. The van der Waals surface area contributed by atoms with Gasteiger partial charge in [0.05, 0.1) is 5.41 Å². The number of carbonyl (C=O) groups is 2. The quantitative estimate of drug-likeness (QED) is 0.612. The van der Waals surface area contributed by atoms with Gasteiger partial charge >= 0.3 is 0 Å². The molecule has 0 aromatic heterocycles. The second-order valence-electron chi connectivity index (χ2n) is 7.70. The van der Waals surface area contributed by atoms with Crippen LogP contribution in [0.1, 0.15) is 43.7 Å². The molecule has 5 nitrogen and oxygen atoms in total. The molecule has 2 fully saturated rings. The van der Waals surface area contributed by atoms with Crippen molar-refractivity contribution in [3.05, 3.63) is 35.4 Å². The van der Waals surface area contributed by atoms with Gasteiger partial charge in [-0.2, -0.15) is 11.8 Å². The number of carbonyl (C=O) groups excluding carboxylic acids is 2. The monoisotopic (exact) mass is 376 g/mol. The van der Waals surface area contributed by atoms with Crippen molar-refractivity contribution in [2.24, 2.45) is 5.92 Å². The van der Waals surface area contributed by atoms with E-state index in [1.807, 2.05) is 54.8 Å². The first-order valence-electron chi connectivity index (χ1n) is 9.34. The van der Waals surface area contributed by atoms with Crippen LogP contribution in [-0.4, -0.2) is 46.0 Å². The fourth-order valence-electron chi connectivity index (χ4n) is 4.24. The Morgan fingerprint density at radius 2 is 2.00 bits per heavy atom. The van der Waals surface area contributed by atoms with Crippen LogP contribution in [0.4, 0.5) is 0 Å². The predicted octanol–water partition coefficient (Wildman–Crippen LogP) is 2.89. The Hall–Kier alpha value is -1.53. The number of hydroxylamine groups is 1. The van der Waals surface area contributed by atoms with Crippen molar-refractivity contribution in [2.75, 3.05) is 18.1 Å². The van der Waals surface area contributed by atoms with E-state index < -0.39 is 11.3 Å². The van der Waals surface area contributed by atoms with Gasteiger partial charge in [0.25, 0.3) is 0 Å². The third kappa shape index (κ3) is 3.76. The number of rotatable bonds is 5. The van der Waals surface area contributed by atoms with Gasteiger partial charge in [0.2, 0.25) is 11.8 Å². The molecule has 0 bridgehead atoms. The summed E-state index contributed by atoms with van der Waals surface area (Å²) in [5.74, 6) is 2.15. The van der Waals surface area contributed by atoms with E-state index in [1.165, 1.54) is 5.56 Å². The Kier molecular flexibility index (Phi) is 5.92. The summed E-state index contributed by atoms with van der Waals surface area (Å²) in [6.45, 7) is 4.72. The summed E-state index contributed by atoms with van der Waals surface area (Å²) >= 11 is 1.93. The second kappa shape index (κ2) is 8.01. The van der Waals surface area contributed by atoms with Crippen molar-refractivity contribution in [1.29, 1.82) is 0 Å². The summed E-state index contributed by atoms with van der Waals surface area (Å²) in [6.07, 6.45) is 2.95. The van der Waals surface area contributed by atoms with Crippen molar-refractivity contribution in [1.82, 2.24) is 10.4 Å². The van der Waals surface area contributed by atoms with Gasteiger partial charge in [0, 0.05) is 19.0 Å². The van der Waals surface area contributed by atoms with Gasteiger partial charge in [0.1, 0.15) is 0 Å². The topological polar surface area (TPSA) is 69.6 Å². The summed E-state index contributed by atoms with van der Waals surface area (Å²) in [6, 6.07) is 8.05. The molecule has 0 aliphatic carbocycles. The lowest BCUT2D eigenvalue weighted by atomic mass is 9.80. The Balaban J connectivity index is 1.84. The highest BCUT2D eigenvalue weighted by molar-refractivity contribution is 7.99. The maximum absolute atomic E-state index is 13.4. The van der Waals surface area contributed by atoms with Crippen molar-refractivity contribution in [3.8, 4) is 0 Å². The summed E-state index contributed by atoms with van der Waals surface area (Å²) in [5.41, 5.74) is 3.43. The Bertz CT molecular complexity index is 658. The molecule has 1 aromatic carbocycles. The average molecular weight is 377 g/mol. The first-order valence-corrected chi connectivity index (χ1v) is 10.5. The van der Waals surface area contributed by atoms with E-state index in [1.54, 1.807) is 5.48 Å². The average Bonchev–Trinajstić information content (AvgIpc) is 2.97. The third-order valence-electron chi connectivity index (χ3n) is 6.00. The molecule has 0 radical (unpaired) electrons. The lowest BCUT2D eigenvalue weighted by Crippen LogP contribution is -2.48. The number of benzene rings is 1. The Morgan fingerprint density at radius 3 is 2.62 bits per heavy atom. The molecule has 2 aliphatic heterocycles. The van der Waals surface area contributed by atoms with Gasteiger partial charge in [-0.05, 0) is 56.1 Å². The van der Waals surface area contributed by atoms with Crippen molar-refractivity contribution < 1.29 is 14.8 Å². The minimum atomic E-state index is -0.537. The lowest BCUT2D eigenvalue weighted by Gasteiger charge is -2.37. The van der Waals surface area contributed by atoms with E-state index in [9.17, 15) is 9.59 Å². The van der Waals surface area contributed by atoms with Crippen molar-refractivity contribution >= 4 is 23.6 Å². The number of hydrogen-bond donors (Lipinski definition) is 2. The van der Waals surface area contributed by atoms with Gasteiger partial charge in [-0.15, -0.1) is 0 Å². The first kappa shape index (κ1) is 19.2. The molecule has 142 valence electrons. The van der Waals surface area contributed by atoms with Crippen LogP contribution in [0.5, 0.6) is 0 Å². The smallest absolute Gasteiger partial charge is 0.245 e. The molecular formula is C20H28N2O3S. The molecule has 2 amide bonds. The summed E-state index contributed by atoms with van der Waals surface area (Å²) in [7, 11) is 0. The highest BCUT2D eigenvalue weighted by Gasteiger charge is 2.47. The van der Waals surface area contributed by atoms with Gasteiger partial charge in [0.15, 0.2) is 0 Å². The number of hydrogen-bond acceptors (Lipinski definition) is 4. The number of amides is 2. The molecule has 3 rings (SSSR count). The maximum atomic E-state index is 13.4. The van der Waals surface area contributed by atoms with Crippen LogP contribution in [-0.2, 0) is 15.0 Å². The minimum absolute atomic E-state index is 0.107. The molecule has 2 N–H and O–H groups in total. The fraction of sp³-hybridized carbons (Fsp3) is 0.600. The summed E-state index contributed by atoms with van der Waals surface area (Å²) < 4.78 is 0. The summed E-state index contributed by atoms with van der Waals surface area (Å²) in [4.78, 5) is 27.2. The van der Waals surface area contributed by atoms with Crippen LogP contribution in [0.3, 0.4) is 0 Å². The Morgan fingerprint density at radius 1 is 1.35 bits per heavy atom. The number of nitrogens with one attached hydrogen (secondary N) is 1. The van der Waals surface area contributed by atoms with Crippen LogP contribution in [0.15, 0.2) is 24.3 Å². The molecule has 2 aliphatic rings. The lowest BCUT2D eigenvalue weighted by molar-refractivity contribution is -0.138. The van der Waals surface area contributed by atoms with E-state index >= 15 is 0 Å². The number of aryl methyl sites for hydroxylation is 1. The molecule has 2 saturated heterocycles. The zero-order chi connectivity index (χ0) is 18.7. The van der Waals surface area contributed by atoms with Crippen LogP contribution < -0.4 is 5.48 Å². The zero-order valence-electron chi connectivity index (χ0n) is 15.5. The highest BCUT2D eigenvalue weighted by atomic mass is 32.2. The van der Waals surface area contributed by atoms with E-state index in [4.69, 9.17) is 5.21 Å². The normalized spacial score (nSPS) is 25.3. The van der Waals surface area contributed by atoms with Crippen LogP contribution in [0, 0.1) is 12.8 Å². The maximum Gasteiger partial charge on any atom is 0.245 e. The molecule has 2 unspecified atom stereocenters. The van der Waals surface area contributed by atoms with E-state index in [0.29, 0.717) is 12.5 Å². The van der Waals surface area contributed by atoms with Crippen molar-refractivity contribution in [2.45, 2.75) is 51.0 Å². The van der Waals surface area contributed by atoms with Gasteiger partial charge < -0.3 is 4.90 Å². The predicted molar refractivity (Wildman–Crippen MR) is 103 cm³/mol. The first-order chi connectivity index (χ1) is 12.5. The molecule has 26 heavy (non-hydrogen) atoms. The molecule has 0 spiro atoms. The third-order valence-corrected chi connectivity index (χ3v) is 7.05. The van der Waals surface area contributed by atoms with Gasteiger partial charge in [-0.25, -0.2) is 5.48 Å². The second-order valence-corrected chi connectivity index (χ2v) is 8.93. The Labute approximate surface area is 159 Å². The van der Waals surface area contributed by atoms with Crippen molar-refractivity contribution in [3.63, 3.8) is 0 Å². The highest BCUT2D eigenvalue weighted by Crippen LogP contribution is 2.40. The van der Waals surface area contributed by atoms with E-state index in [0.717, 1.165) is 36.3 Å². The largest absolute Gasteiger partial charge is 0.338 e. The molecule has 6 heteroatoms. The van der Waals surface area contributed by atoms with Crippen LogP contribution in [0.2, 0.25) is 0 Å². The molecule has 0 saturated carbocycles. The number of likely N-dealkylation sites (tertiary alicyclic amines) is 1. The fourth-order valence-corrected chi connectivity index (χ4v) is 5.39. The minimum Gasteiger partial charge on any atom is -0.338 e. The van der Waals surface area contributed by atoms with Crippen LogP contribution in [0.25, 0.3) is 0 Å². The molecule has 2 atom stereocenters. The van der Waals surface area contributed by atoms with E-state index in [2.05, 4.69) is 0 Å². The standard InChI is InChI=1S/C20H28N2O3S/c1-14-3-5-16(6-4-14)20(2)9-10-22(19(20)24)17(13-18(23)21-25)15-7-11-26-12-8-15/h3-6,15,17,25H,7-13H2,1-2H3,(H,21,23). The zero-order valence-corrected chi connectivity index (χ0v) is 16.3. The summed E-state index contributed by atoms with van der Waals surface area (Å²) in [5, 5.41) is 8.99. The van der Waals surface area contributed by atoms with E-state index in [-0.39, 0.29) is 18.4 Å². The SMILES string of the molecule is Cc1ccc(C2(C)CCN(C(CC(=O)NO)C3CCSCC3)C2=O)cc1. The van der Waals surface area contributed by atoms with Gasteiger partial charge in [-0.3, -0.25) is 14.8 Å². The van der Waals surface area contributed by atoms with Crippen LogP contribution >= 0.6 is 11.8 Å². The molecule has 1 aromatic rings. The molecular weight excluding hydrogens is 348 g/mol. The molecule has 2 heterocycles. The number of thioether (sulfide) groups is 1. The van der Waals surface area contributed by atoms with Gasteiger partial charge in [-0.1, -0.05) is 29.8 Å².